The van der Waals surface area contributed by atoms with Crippen LogP contribution in [-0.4, -0.2) is 32.6 Å². The average molecular weight is 620 g/mol. The molecule has 220 valence electrons. The molecule has 0 saturated carbocycles. The van der Waals surface area contributed by atoms with Crippen LogP contribution >= 0.6 is 7.26 Å². The number of benzene rings is 5. The van der Waals surface area contributed by atoms with E-state index in [0.29, 0.717) is 0 Å². The van der Waals surface area contributed by atoms with E-state index in [2.05, 4.69) is 152 Å². The van der Waals surface area contributed by atoms with Crippen molar-refractivity contribution in [1.29, 1.82) is 0 Å². The molecule has 0 fully saturated rings. The first-order valence-corrected chi connectivity index (χ1v) is 16.6. The Balaban J connectivity index is 0.000000407. The quantitative estimate of drug-likeness (QED) is 0.140. The summed E-state index contributed by atoms with van der Waals surface area (Å²) < 4.78 is 58.9. The van der Waals surface area contributed by atoms with E-state index in [4.69, 9.17) is 13.0 Å². The summed E-state index contributed by atoms with van der Waals surface area (Å²) >= 11 is 0. The molecule has 0 bridgehead atoms. The van der Waals surface area contributed by atoms with Crippen LogP contribution < -0.4 is 26.1 Å². The normalized spacial score (nSPS) is 15.3. The SMILES string of the molecule is CN(C)c1ccc2c(c1)[P+](c1ccccc1)(c1ccccc1)c1ccccc1[C@@H]2c1ccccc1.O=S(=O)([O-])C(F)(F)F. The fourth-order valence-electron chi connectivity index (χ4n) is 5.69. The molecule has 0 radical (unpaired) electrons. The Morgan fingerprint density at radius 1 is 0.651 bits per heavy atom. The van der Waals surface area contributed by atoms with Gasteiger partial charge in [-0.1, -0.05) is 91.0 Å². The van der Waals surface area contributed by atoms with Gasteiger partial charge in [-0.15, -0.1) is 0 Å². The zero-order valence-corrected chi connectivity index (χ0v) is 25.2. The highest BCUT2D eigenvalue weighted by atomic mass is 32.2. The zero-order valence-electron chi connectivity index (χ0n) is 23.4. The summed E-state index contributed by atoms with van der Waals surface area (Å²) in [6.45, 7) is 0. The van der Waals surface area contributed by atoms with E-state index in [1.54, 1.807) is 0 Å². The molecule has 6 rings (SSSR count). The molecule has 0 aliphatic carbocycles. The van der Waals surface area contributed by atoms with E-state index in [0.717, 1.165) is 0 Å². The lowest BCUT2D eigenvalue weighted by molar-refractivity contribution is -0.0517. The summed E-state index contributed by atoms with van der Waals surface area (Å²) in [4.78, 5) is 2.23. The Morgan fingerprint density at radius 3 is 1.58 bits per heavy atom. The molecule has 1 atom stereocenters. The molecule has 43 heavy (non-hydrogen) atoms. The van der Waals surface area contributed by atoms with Gasteiger partial charge in [0.25, 0.3) is 0 Å². The van der Waals surface area contributed by atoms with Gasteiger partial charge in [-0.25, -0.2) is 8.42 Å². The van der Waals surface area contributed by atoms with Gasteiger partial charge in [0.15, 0.2) is 10.1 Å². The molecule has 1 heterocycles. The molecule has 1 aliphatic rings. The number of alkyl halides is 3. The number of halogens is 3. The molecular formula is C34H29F3NO3PS. The van der Waals surface area contributed by atoms with Crippen LogP contribution in [-0.2, 0) is 10.1 Å². The second-order valence-electron chi connectivity index (χ2n) is 10.3. The van der Waals surface area contributed by atoms with Crippen molar-refractivity contribution in [2.24, 2.45) is 0 Å². The van der Waals surface area contributed by atoms with Gasteiger partial charge in [-0.3, -0.25) is 0 Å². The molecule has 0 aromatic heterocycles. The summed E-state index contributed by atoms with van der Waals surface area (Å²) in [5, 5.41) is 5.74. The van der Waals surface area contributed by atoms with Crippen molar-refractivity contribution in [3.8, 4) is 0 Å². The Labute approximate surface area is 250 Å². The first kappa shape index (κ1) is 30.5. The lowest BCUT2D eigenvalue weighted by atomic mass is 9.84. The van der Waals surface area contributed by atoms with Crippen molar-refractivity contribution >= 4 is 44.3 Å². The van der Waals surface area contributed by atoms with Crippen LogP contribution in [0.4, 0.5) is 18.9 Å². The third-order valence-electron chi connectivity index (χ3n) is 7.52. The van der Waals surface area contributed by atoms with Crippen molar-refractivity contribution in [1.82, 2.24) is 0 Å². The van der Waals surface area contributed by atoms with E-state index >= 15 is 0 Å². The van der Waals surface area contributed by atoms with Gasteiger partial charge in [-0.05, 0) is 42.0 Å². The highest BCUT2D eigenvalue weighted by Gasteiger charge is 2.55. The van der Waals surface area contributed by atoms with Crippen LogP contribution in [0, 0.1) is 0 Å². The monoisotopic (exact) mass is 619 g/mol. The smallest absolute Gasteiger partial charge is 0.485 e. The summed E-state index contributed by atoms with van der Waals surface area (Å²) in [5.41, 5.74) is -0.220. The molecule has 0 unspecified atom stereocenters. The van der Waals surface area contributed by atoms with Crippen LogP contribution in [0.15, 0.2) is 133 Å². The lowest BCUT2D eigenvalue weighted by Gasteiger charge is -2.38. The minimum Gasteiger partial charge on any atom is -0.741 e. The first-order valence-electron chi connectivity index (χ1n) is 13.4. The molecule has 4 nitrogen and oxygen atoms in total. The Kier molecular flexibility index (Phi) is 8.48. The Hall–Kier alpha value is -3.97. The predicted molar refractivity (Wildman–Crippen MR) is 169 cm³/mol. The molecule has 0 amide bonds. The van der Waals surface area contributed by atoms with Crippen LogP contribution in [0.25, 0.3) is 0 Å². The molecule has 1 aliphatic heterocycles. The van der Waals surface area contributed by atoms with Gasteiger partial charge < -0.3 is 9.45 Å². The Bertz CT molecular complexity index is 1780. The maximum Gasteiger partial charge on any atom is 0.485 e. The number of hydrogen-bond donors (Lipinski definition) is 0. The number of rotatable bonds is 4. The summed E-state index contributed by atoms with van der Waals surface area (Å²) in [6, 6.07) is 49.7. The van der Waals surface area contributed by atoms with E-state index in [1.165, 1.54) is 43.6 Å². The maximum atomic E-state index is 10.7. The van der Waals surface area contributed by atoms with Gasteiger partial charge in [0, 0.05) is 42.9 Å². The first-order chi connectivity index (χ1) is 20.5. The molecule has 9 heteroatoms. The van der Waals surface area contributed by atoms with Crippen LogP contribution in [0.5, 0.6) is 0 Å². The fraction of sp³-hybridized carbons (Fsp3) is 0.118. The van der Waals surface area contributed by atoms with Gasteiger partial charge in [0.05, 0.1) is 0 Å². The van der Waals surface area contributed by atoms with Gasteiger partial charge in [0.1, 0.15) is 28.5 Å². The van der Waals surface area contributed by atoms with Crippen LogP contribution in [0.3, 0.4) is 0 Å². The maximum absolute atomic E-state index is 10.7. The van der Waals surface area contributed by atoms with E-state index in [-0.39, 0.29) is 5.92 Å². The minimum absolute atomic E-state index is 0.208. The van der Waals surface area contributed by atoms with Crippen molar-refractivity contribution in [3.05, 3.63) is 150 Å². The van der Waals surface area contributed by atoms with E-state index in [1.807, 2.05) is 0 Å². The summed E-state index contributed by atoms with van der Waals surface area (Å²) in [6.07, 6.45) is 0. The molecule has 0 N–H and O–H groups in total. The zero-order chi connectivity index (χ0) is 30.8. The van der Waals surface area contributed by atoms with Gasteiger partial charge in [-0.2, -0.15) is 13.2 Å². The second kappa shape index (κ2) is 12.0. The highest BCUT2D eigenvalue weighted by molar-refractivity contribution is 8.01. The predicted octanol–water partition coefficient (Wildman–Crippen LogP) is 5.92. The van der Waals surface area contributed by atoms with E-state index in [9.17, 15) is 13.2 Å². The third kappa shape index (κ3) is 5.70. The van der Waals surface area contributed by atoms with Crippen LogP contribution in [0.2, 0.25) is 0 Å². The van der Waals surface area contributed by atoms with Crippen molar-refractivity contribution in [3.63, 3.8) is 0 Å². The molecule has 0 saturated heterocycles. The number of hydrogen-bond acceptors (Lipinski definition) is 4. The fourth-order valence-corrected chi connectivity index (χ4v) is 10.4. The van der Waals surface area contributed by atoms with Crippen LogP contribution in [0.1, 0.15) is 22.6 Å². The summed E-state index contributed by atoms with van der Waals surface area (Å²) in [7, 11) is -3.94. The van der Waals surface area contributed by atoms with Crippen molar-refractivity contribution < 1.29 is 26.1 Å². The van der Waals surface area contributed by atoms with E-state index < -0.39 is 22.9 Å². The molecule has 0 spiro atoms. The largest absolute Gasteiger partial charge is 0.741 e. The molecule has 5 aromatic carbocycles. The number of anilines is 1. The summed E-state index contributed by atoms with van der Waals surface area (Å²) in [5.74, 6) is 0.208. The average Bonchev–Trinajstić information content (AvgIpc) is 3.00. The molecule has 5 aromatic rings. The number of nitrogens with zero attached hydrogens (tertiary/aromatic N) is 1. The van der Waals surface area contributed by atoms with Gasteiger partial charge >= 0.3 is 5.51 Å². The molecular weight excluding hydrogens is 590 g/mol. The lowest BCUT2D eigenvalue weighted by Crippen LogP contribution is -2.45. The van der Waals surface area contributed by atoms with Gasteiger partial charge in [0.2, 0.25) is 0 Å². The highest BCUT2D eigenvalue weighted by Crippen LogP contribution is 2.60. The number of fused-ring (bicyclic) bond motifs is 2. The Morgan fingerprint density at radius 2 is 1.09 bits per heavy atom. The second-order valence-corrected chi connectivity index (χ2v) is 15.0. The standard InChI is InChI=1S/C33H29NP.CHF3O3S/c1-34(2)26-22-23-30-32(24-26)35(27-16-8-4-9-17-27,28-18-10-5-11-19-28)31-21-13-12-20-29(31)33(30)25-14-6-3-7-15-25;2-1(3,4)8(5,6)7/h3-24,33H,1-2H3;(H,5,6,7)/q+1;/p-1/t33-;/m0./s1. The van der Waals surface area contributed by atoms with Crippen molar-refractivity contribution in [2.45, 2.75) is 11.4 Å². The van der Waals surface area contributed by atoms with Crippen molar-refractivity contribution in [2.75, 3.05) is 19.0 Å². The third-order valence-corrected chi connectivity index (χ3v) is 12.5. The topological polar surface area (TPSA) is 60.4 Å². The minimum atomic E-state index is -6.09.